The van der Waals surface area contributed by atoms with E-state index in [1.807, 2.05) is 59.8 Å². The van der Waals surface area contributed by atoms with Gasteiger partial charge in [0.15, 0.2) is 0 Å². The predicted molar refractivity (Wildman–Crippen MR) is 68.8 cm³/mol. The van der Waals surface area contributed by atoms with E-state index in [9.17, 15) is 0 Å². The summed E-state index contributed by atoms with van der Waals surface area (Å²) in [4.78, 5) is 0. The van der Waals surface area contributed by atoms with Crippen LogP contribution in [0.2, 0.25) is 0 Å². The molecular weight excluding hydrogens is 184 g/mol. The maximum Gasteiger partial charge on any atom is 0.122 e. The standard InChI is InChI=1S/C10H12O.2C2H6/c1-8-5-4-6-9(2)10(7-8)11-3;2*1-2/h4,6-7H,1-3H3;2*1-2H3. The van der Waals surface area contributed by atoms with Crippen LogP contribution in [-0.2, 0) is 4.74 Å². The summed E-state index contributed by atoms with van der Waals surface area (Å²) in [6.45, 7) is 12.0. The normalized spacial score (nSPS) is 12.9. The topological polar surface area (TPSA) is 9.23 Å². The van der Waals surface area contributed by atoms with E-state index < -0.39 is 0 Å². The van der Waals surface area contributed by atoms with Gasteiger partial charge in [0, 0.05) is 0 Å². The summed E-state index contributed by atoms with van der Waals surface area (Å²) >= 11 is 0. The summed E-state index contributed by atoms with van der Waals surface area (Å²) in [7, 11) is 1.68. The van der Waals surface area contributed by atoms with Crippen molar-refractivity contribution in [2.45, 2.75) is 41.5 Å². The van der Waals surface area contributed by atoms with Gasteiger partial charge in [0.25, 0.3) is 0 Å². The molecule has 0 saturated heterocycles. The highest BCUT2D eigenvalue weighted by molar-refractivity contribution is 5.36. The monoisotopic (exact) mass is 208 g/mol. The van der Waals surface area contributed by atoms with E-state index >= 15 is 0 Å². The molecule has 0 saturated carbocycles. The van der Waals surface area contributed by atoms with E-state index in [-0.39, 0.29) is 0 Å². The maximum atomic E-state index is 5.17. The fourth-order valence-corrected chi connectivity index (χ4v) is 0.952. The number of hydrogen-bond acceptors (Lipinski definition) is 1. The smallest absolute Gasteiger partial charge is 0.122 e. The van der Waals surface area contributed by atoms with Gasteiger partial charge < -0.3 is 4.74 Å². The quantitative estimate of drug-likeness (QED) is 0.571. The van der Waals surface area contributed by atoms with Gasteiger partial charge in [-0.25, -0.2) is 0 Å². The Balaban J connectivity index is 0. The first-order valence-corrected chi connectivity index (χ1v) is 5.60. The molecule has 0 heterocycles. The van der Waals surface area contributed by atoms with E-state index in [0.29, 0.717) is 0 Å². The Labute approximate surface area is 94.8 Å². The number of hydrogen-bond donors (Lipinski definition) is 0. The predicted octanol–water partition coefficient (Wildman–Crippen LogP) is 4.63. The van der Waals surface area contributed by atoms with Crippen LogP contribution in [-0.4, -0.2) is 7.11 Å². The molecule has 0 amide bonds. The van der Waals surface area contributed by atoms with E-state index in [4.69, 9.17) is 4.74 Å². The highest BCUT2D eigenvalue weighted by Crippen LogP contribution is 2.14. The molecule has 1 heteroatoms. The van der Waals surface area contributed by atoms with Crippen LogP contribution in [0.1, 0.15) is 41.5 Å². The van der Waals surface area contributed by atoms with Crippen LogP contribution in [0.4, 0.5) is 0 Å². The van der Waals surface area contributed by atoms with Gasteiger partial charge in [-0.2, -0.15) is 0 Å². The molecular formula is C14H24O. The van der Waals surface area contributed by atoms with Crippen LogP contribution in [0.15, 0.2) is 40.9 Å². The first-order chi connectivity index (χ1) is 7.24. The molecule has 15 heavy (non-hydrogen) atoms. The molecule has 1 rings (SSSR count). The van der Waals surface area contributed by atoms with Crippen molar-refractivity contribution in [2.24, 2.45) is 0 Å². The molecule has 0 atom stereocenters. The van der Waals surface area contributed by atoms with Gasteiger partial charge in [-0.05, 0) is 43.2 Å². The molecule has 0 bridgehead atoms. The van der Waals surface area contributed by atoms with Gasteiger partial charge >= 0.3 is 0 Å². The third-order valence-electron chi connectivity index (χ3n) is 1.60. The second kappa shape index (κ2) is 10.9. The van der Waals surface area contributed by atoms with Crippen molar-refractivity contribution in [3.8, 4) is 0 Å². The molecule has 0 aromatic rings. The van der Waals surface area contributed by atoms with Crippen molar-refractivity contribution < 1.29 is 4.74 Å². The van der Waals surface area contributed by atoms with Crippen LogP contribution in [0.3, 0.4) is 0 Å². The lowest BCUT2D eigenvalue weighted by molar-refractivity contribution is 0.300. The average Bonchev–Trinajstić information content (AvgIpc) is 2.46. The average molecular weight is 208 g/mol. The Morgan fingerprint density at radius 1 is 1.07 bits per heavy atom. The number of methoxy groups -OCH3 is 1. The van der Waals surface area contributed by atoms with Crippen molar-refractivity contribution in [3.05, 3.63) is 40.9 Å². The molecule has 0 unspecified atom stereocenters. The summed E-state index contributed by atoms with van der Waals surface area (Å²) in [6, 6.07) is 0. The van der Waals surface area contributed by atoms with Gasteiger partial charge in [0.1, 0.15) is 5.76 Å². The molecule has 0 spiro atoms. The van der Waals surface area contributed by atoms with Gasteiger partial charge in [0.2, 0.25) is 0 Å². The zero-order valence-corrected chi connectivity index (χ0v) is 11.1. The number of allylic oxidation sites excluding steroid dienone is 4. The second-order valence-corrected chi connectivity index (χ2v) is 2.56. The van der Waals surface area contributed by atoms with Crippen LogP contribution in [0.25, 0.3) is 0 Å². The van der Waals surface area contributed by atoms with E-state index in [0.717, 1.165) is 16.9 Å². The minimum absolute atomic E-state index is 0.920. The Morgan fingerprint density at radius 3 is 2.07 bits per heavy atom. The third kappa shape index (κ3) is 6.82. The third-order valence-corrected chi connectivity index (χ3v) is 1.60. The van der Waals surface area contributed by atoms with E-state index in [1.54, 1.807) is 7.11 Å². The van der Waals surface area contributed by atoms with Crippen LogP contribution >= 0.6 is 0 Å². The van der Waals surface area contributed by atoms with E-state index in [1.165, 1.54) is 0 Å². The fraction of sp³-hybridized carbons (Fsp3) is 0.500. The Hall–Kier alpha value is -1.20. The molecule has 0 aromatic carbocycles. The zero-order valence-electron chi connectivity index (χ0n) is 11.1. The lowest BCUT2D eigenvalue weighted by Crippen LogP contribution is -1.87. The maximum absolute atomic E-state index is 5.17. The summed E-state index contributed by atoms with van der Waals surface area (Å²) in [5.41, 5.74) is 5.33. The summed E-state index contributed by atoms with van der Waals surface area (Å²) in [5.74, 6) is 0.920. The van der Waals surface area contributed by atoms with Gasteiger partial charge in [0.05, 0.1) is 7.11 Å². The van der Waals surface area contributed by atoms with Crippen molar-refractivity contribution in [1.29, 1.82) is 0 Å². The Bertz CT molecular complexity index is 274. The van der Waals surface area contributed by atoms with Crippen LogP contribution in [0, 0.1) is 0 Å². The largest absolute Gasteiger partial charge is 0.496 e. The highest BCUT2D eigenvalue weighted by Gasteiger charge is 1.99. The molecule has 1 aliphatic carbocycles. The van der Waals surface area contributed by atoms with Crippen molar-refractivity contribution in [2.75, 3.05) is 7.11 Å². The summed E-state index contributed by atoms with van der Waals surface area (Å²) in [5, 5.41) is 0. The summed E-state index contributed by atoms with van der Waals surface area (Å²) < 4.78 is 5.17. The fourth-order valence-electron chi connectivity index (χ4n) is 0.952. The minimum Gasteiger partial charge on any atom is -0.496 e. The molecule has 0 aliphatic heterocycles. The number of ether oxygens (including phenoxy) is 1. The first-order valence-electron chi connectivity index (χ1n) is 5.60. The molecule has 0 radical (unpaired) electrons. The van der Waals surface area contributed by atoms with Crippen molar-refractivity contribution in [1.82, 2.24) is 0 Å². The highest BCUT2D eigenvalue weighted by atomic mass is 16.5. The van der Waals surface area contributed by atoms with Crippen LogP contribution in [0.5, 0.6) is 0 Å². The van der Waals surface area contributed by atoms with Crippen molar-refractivity contribution >= 4 is 0 Å². The van der Waals surface area contributed by atoms with E-state index in [2.05, 4.69) is 5.73 Å². The first kappa shape index (κ1) is 16.2. The van der Waals surface area contributed by atoms with Crippen molar-refractivity contribution in [3.63, 3.8) is 0 Å². The van der Waals surface area contributed by atoms with Gasteiger partial charge in [-0.3, -0.25) is 0 Å². The molecule has 86 valence electrons. The molecule has 1 aliphatic rings. The SMILES string of the molecule is CC.CC.COC1=CC(C)=C=CC=C1C. The zero-order chi connectivity index (χ0) is 12.3. The van der Waals surface area contributed by atoms with Crippen LogP contribution < -0.4 is 0 Å². The Morgan fingerprint density at radius 2 is 1.60 bits per heavy atom. The molecule has 0 aromatic heterocycles. The summed E-state index contributed by atoms with van der Waals surface area (Å²) in [6.07, 6.45) is 5.88. The number of rotatable bonds is 1. The Kier molecular flexibility index (Phi) is 11.8. The lowest BCUT2D eigenvalue weighted by atomic mass is 10.2. The molecule has 0 N–H and O–H groups in total. The lowest BCUT2D eigenvalue weighted by Gasteiger charge is -2.03. The van der Waals surface area contributed by atoms with Gasteiger partial charge in [-0.1, -0.05) is 27.7 Å². The minimum atomic E-state index is 0.920. The second-order valence-electron chi connectivity index (χ2n) is 2.56. The van der Waals surface area contributed by atoms with Gasteiger partial charge in [-0.15, -0.1) is 5.73 Å². The molecule has 0 fully saturated rings. The molecule has 1 nitrogen and oxygen atoms in total.